The minimum absolute atomic E-state index is 0.112. The number of anilines is 1. The third-order valence-corrected chi connectivity index (χ3v) is 5.44. The van der Waals surface area contributed by atoms with Gasteiger partial charge in [-0.15, -0.1) is 0 Å². The highest BCUT2D eigenvalue weighted by Crippen LogP contribution is 2.23. The van der Waals surface area contributed by atoms with Crippen molar-refractivity contribution >= 4 is 11.6 Å². The molecule has 0 spiro atoms. The largest absolute Gasteiger partial charge is 0.497 e. The summed E-state index contributed by atoms with van der Waals surface area (Å²) in [6.07, 6.45) is 4.56. The summed E-state index contributed by atoms with van der Waals surface area (Å²) in [5.74, 6) is 1.23. The van der Waals surface area contributed by atoms with Crippen LogP contribution in [0.4, 0.5) is 5.69 Å². The summed E-state index contributed by atoms with van der Waals surface area (Å²) in [5.41, 5.74) is 1.21. The molecule has 1 aromatic carbocycles. The lowest BCUT2D eigenvalue weighted by molar-refractivity contribution is -0.138. The Balaban J connectivity index is 1.56. The zero-order valence-electron chi connectivity index (χ0n) is 15.6. The average molecular weight is 345 g/mol. The van der Waals surface area contributed by atoms with Crippen LogP contribution in [0.5, 0.6) is 5.75 Å². The second-order valence-electron chi connectivity index (χ2n) is 7.06. The van der Waals surface area contributed by atoms with E-state index < -0.39 is 0 Å². The van der Waals surface area contributed by atoms with Crippen molar-refractivity contribution in [1.29, 1.82) is 0 Å². The predicted molar refractivity (Wildman–Crippen MR) is 101 cm³/mol. The van der Waals surface area contributed by atoms with Crippen LogP contribution >= 0.6 is 0 Å². The summed E-state index contributed by atoms with van der Waals surface area (Å²) in [6.45, 7) is 7.77. The predicted octanol–water partition coefficient (Wildman–Crippen LogP) is 2.61. The fraction of sp³-hybridized carbons (Fsp3) is 0.650. The van der Waals surface area contributed by atoms with E-state index in [0.717, 1.165) is 57.9 Å². The standard InChI is InChI=1S/C20H31N3O2/c1-3-11-22-12-5-4-6-19(22)20(24)23-15-13-21(14-16-23)17-7-9-18(25-2)10-8-17/h7-10,19H,3-6,11-16H2,1-2H3. The van der Waals surface area contributed by atoms with Crippen molar-refractivity contribution in [2.45, 2.75) is 38.6 Å². The number of hydrogen-bond acceptors (Lipinski definition) is 4. The Bertz CT molecular complexity index is 551. The lowest BCUT2D eigenvalue weighted by Crippen LogP contribution is -2.56. The third-order valence-electron chi connectivity index (χ3n) is 5.44. The van der Waals surface area contributed by atoms with Crippen molar-refractivity contribution in [2.24, 2.45) is 0 Å². The summed E-state index contributed by atoms with van der Waals surface area (Å²) in [5, 5.41) is 0. The smallest absolute Gasteiger partial charge is 0.240 e. The van der Waals surface area contributed by atoms with Gasteiger partial charge < -0.3 is 14.5 Å². The molecule has 25 heavy (non-hydrogen) atoms. The summed E-state index contributed by atoms with van der Waals surface area (Å²) < 4.78 is 5.23. The first-order valence-corrected chi connectivity index (χ1v) is 9.64. The lowest BCUT2D eigenvalue weighted by Gasteiger charge is -2.41. The third kappa shape index (κ3) is 4.27. The van der Waals surface area contributed by atoms with Crippen molar-refractivity contribution in [2.75, 3.05) is 51.3 Å². The monoisotopic (exact) mass is 345 g/mol. The Kier molecular flexibility index (Phi) is 6.19. The van der Waals surface area contributed by atoms with Gasteiger partial charge >= 0.3 is 0 Å². The van der Waals surface area contributed by atoms with Crippen molar-refractivity contribution in [3.05, 3.63) is 24.3 Å². The van der Waals surface area contributed by atoms with Crippen LogP contribution in [-0.4, -0.2) is 68.1 Å². The number of nitrogens with zero attached hydrogens (tertiary/aromatic N) is 3. The van der Waals surface area contributed by atoms with Crippen molar-refractivity contribution < 1.29 is 9.53 Å². The molecule has 0 N–H and O–H groups in total. The number of ether oxygens (including phenoxy) is 1. The van der Waals surface area contributed by atoms with E-state index in [9.17, 15) is 4.79 Å². The van der Waals surface area contributed by atoms with Gasteiger partial charge in [0.1, 0.15) is 5.75 Å². The Labute approximate surface area is 151 Å². The van der Waals surface area contributed by atoms with Crippen LogP contribution in [0.1, 0.15) is 32.6 Å². The molecular formula is C20H31N3O2. The first-order chi connectivity index (χ1) is 12.2. The molecule has 2 aliphatic heterocycles. The molecule has 1 atom stereocenters. The highest BCUT2D eigenvalue weighted by atomic mass is 16.5. The second kappa shape index (κ2) is 8.56. The molecule has 2 fully saturated rings. The molecule has 3 rings (SSSR count). The topological polar surface area (TPSA) is 36.0 Å². The number of methoxy groups -OCH3 is 1. The van der Waals surface area contributed by atoms with Crippen LogP contribution in [-0.2, 0) is 4.79 Å². The van der Waals surface area contributed by atoms with Crippen molar-refractivity contribution in [3.63, 3.8) is 0 Å². The molecule has 2 aliphatic rings. The van der Waals surface area contributed by atoms with Gasteiger partial charge in [-0.05, 0) is 56.6 Å². The molecule has 138 valence electrons. The zero-order chi connectivity index (χ0) is 17.6. The van der Waals surface area contributed by atoms with E-state index in [1.54, 1.807) is 7.11 Å². The van der Waals surface area contributed by atoms with Gasteiger partial charge in [-0.3, -0.25) is 9.69 Å². The van der Waals surface area contributed by atoms with Gasteiger partial charge in [0.15, 0.2) is 0 Å². The maximum atomic E-state index is 13.0. The molecule has 1 unspecified atom stereocenters. The van der Waals surface area contributed by atoms with Gasteiger partial charge in [-0.1, -0.05) is 13.3 Å². The van der Waals surface area contributed by atoms with Gasteiger partial charge in [0.2, 0.25) is 5.91 Å². The number of amides is 1. The maximum absolute atomic E-state index is 13.0. The molecule has 5 nitrogen and oxygen atoms in total. The Hall–Kier alpha value is -1.75. The van der Waals surface area contributed by atoms with Gasteiger partial charge in [-0.25, -0.2) is 0 Å². The van der Waals surface area contributed by atoms with Gasteiger partial charge in [0.05, 0.1) is 13.2 Å². The fourth-order valence-electron chi connectivity index (χ4n) is 4.01. The van der Waals surface area contributed by atoms with Crippen LogP contribution < -0.4 is 9.64 Å². The van der Waals surface area contributed by atoms with E-state index in [0.29, 0.717) is 5.91 Å². The summed E-state index contributed by atoms with van der Waals surface area (Å²) in [4.78, 5) is 19.9. The van der Waals surface area contributed by atoms with Crippen LogP contribution in [0.25, 0.3) is 0 Å². The van der Waals surface area contributed by atoms with E-state index >= 15 is 0 Å². The molecule has 0 radical (unpaired) electrons. The molecule has 1 amide bonds. The van der Waals surface area contributed by atoms with Crippen LogP contribution in [0, 0.1) is 0 Å². The first kappa shape index (κ1) is 18.1. The molecule has 2 heterocycles. The number of piperazine rings is 1. The molecule has 0 aromatic heterocycles. The number of piperidine rings is 1. The van der Waals surface area contributed by atoms with Crippen LogP contribution in [0.15, 0.2) is 24.3 Å². The van der Waals surface area contributed by atoms with Crippen molar-refractivity contribution in [1.82, 2.24) is 9.80 Å². The van der Waals surface area contributed by atoms with E-state index in [-0.39, 0.29) is 6.04 Å². The number of rotatable bonds is 5. The Morgan fingerprint density at radius 1 is 1.08 bits per heavy atom. The maximum Gasteiger partial charge on any atom is 0.240 e. The molecule has 1 aromatic rings. The van der Waals surface area contributed by atoms with E-state index in [1.165, 1.54) is 18.5 Å². The molecule has 2 saturated heterocycles. The zero-order valence-corrected chi connectivity index (χ0v) is 15.6. The SMILES string of the molecule is CCCN1CCCCC1C(=O)N1CCN(c2ccc(OC)cc2)CC1. The lowest BCUT2D eigenvalue weighted by atomic mass is 10.00. The molecular weight excluding hydrogens is 314 g/mol. The number of carbonyl (C=O) groups is 1. The minimum Gasteiger partial charge on any atom is -0.497 e. The molecule has 0 saturated carbocycles. The minimum atomic E-state index is 0.112. The molecule has 5 heteroatoms. The highest BCUT2D eigenvalue weighted by molar-refractivity contribution is 5.82. The van der Waals surface area contributed by atoms with E-state index in [4.69, 9.17) is 4.74 Å². The van der Waals surface area contributed by atoms with Crippen LogP contribution in [0.3, 0.4) is 0 Å². The first-order valence-electron chi connectivity index (χ1n) is 9.64. The number of benzene rings is 1. The van der Waals surface area contributed by atoms with Gasteiger partial charge in [0.25, 0.3) is 0 Å². The molecule has 0 bridgehead atoms. The normalized spacial score (nSPS) is 22.1. The summed E-state index contributed by atoms with van der Waals surface area (Å²) in [7, 11) is 1.69. The molecule has 0 aliphatic carbocycles. The van der Waals surface area contributed by atoms with E-state index in [2.05, 4.69) is 33.8 Å². The van der Waals surface area contributed by atoms with Gasteiger partial charge in [-0.2, -0.15) is 0 Å². The Morgan fingerprint density at radius 3 is 2.44 bits per heavy atom. The summed E-state index contributed by atoms with van der Waals surface area (Å²) in [6, 6.07) is 8.30. The number of likely N-dealkylation sites (tertiary alicyclic amines) is 1. The fourth-order valence-corrected chi connectivity index (χ4v) is 4.01. The highest BCUT2D eigenvalue weighted by Gasteiger charge is 2.32. The average Bonchev–Trinajstić information content (AvgIpc) is 2.68. The van der Waals surface area contributed by atoms with Gasteiger partial charge in [0, 0.05) is 31.9 Å². The van der Waals surface area contributed by atoms with Crippen molar-refractivity contribution in [3.8, 4) is 5.75 Å². The summed E-state index contributed by atoms with van der Waals surface area (Å²) >= 11 is 0. The van der Waals surface area contributed by atoms with E-state index in [1.807, 2.05) is 12.1 Å². The second-order valence-corrected chi connectivity index (χ2v) is 7.06. The Morgan fingerprint density at radius 2 is 1.80 bits per heavy atom. The quantitative estimate of drug-likeness (QED) is 0.822. The number of hydrogen-bond donors (Lipinski definition) is 0. The number of carbonyl (C=O) groups excluding carboxylic acids is 1. The van der Waals surface area contributed by atoms with Crippen LogP contribution in [0.2, 0.25) is 0 Å².